The number of hydrogen-bond acceptors (Lipinski definition) is 6. The first-order valence-electron chi connectivity index (χ1n) is 10.2. The third kappa shape index (κ3) is 5.67. The lowest BCUT2D eigenvalue weighted by Crippen LogP contribution is -2.39. The van der Waals surface area contributed by atoms with Crippen molar-refractivity contribution in [3.8, 4) is 11.5 Å². The van der Waals surface area contributed by atoms with Crippen LogP contribution in [0.4, 0.5) is 5.69 Å². The minimum Gasteiger partial charge on any atom is -0.507 e. The fourth-order valence-electron chi connectivity index (χ4n) is 3.11. The second-order valence-corrected chi connectivity index (χ2v) is 9.66. The highest BCUT2D eigenvalue weighted by Crippen LogP contribution is 2.32. The van der Waals surface area contributed by atoms with Gasteiger partial charge in [0.05, 0.1) is 28.4 Å². The van der Waals surface area contributed by atoms with E-state index in [9.17, 15) is 18.3 Å². The molecule has 0 saturated heterocycles. The average molecular weight is 502 g/mol. The van der Waals surface area contributed by atoms with E-state index in [1.54, 1.807) is 37.3 Å². The number of ether oxygens (including phenoxy) is 1. The van der Waals surface area contributed by atoms with Crippen molar-refractivity contribution in [1.82, 2.24) is 5.43 Å². The monoisotopic (exact) mass is 501 g/mol. The van der Waals surface area contributed by atoms with Crippen molar-refractivity contribution in [3.63, 3.8) is 0 Å². The van der Waals surface area contributed by atoms with Crippen molar-refractivity contribution in [2.24, 2.45) is 5.10 Å². The van der Waals surface area contributed by atoms with Gasteiger partial charge in [0, 0.05) is 5.56 Å². The number of phenolic OH excluding ortho intramolecular Hbond substituents is 1. The number of sulfonamides is 1. The minimum atomic E-state index is -4.12. The molecular formula is C24H24ClN3O5S. The number of carbonyl (C=O) groups is 1. The normalized spacial score (nSPS) is 11.7. The number of amides is 1. The predicted octanol–water partition coefficient (Wildman–Crippen LogP) is 4.10. The van der Waals surface area contributed by atoms with E-state index in [4.69, 9.17) is 16.3 Å². The molecule has 178 valence electrons. The van der Waals surface area contributed by atoms with Crippen LogP contribution in [-0.4, -0.2) is 38.8 Å². The zero-order chi connectivity index (χ0) is 24.9. The van der Waals surface area contributed by atoms with Crippen LogP contribution in [0.5, 0.6) is 11.5 Å². The summed E-state index contributed by atoms with van der Waals surface area (Å²) in [5.41, 5.74) is 4.22. The van der Waals surface area contributed by atoms with Crippen LogP contribution in [0.15, 0.2) is 76.7 Å². The summed E-state index contributed by atoms with van der Waals surface area (Å²) in [7, 11) is -2.67. The summed E-state index contributed by atoms with van der Waals surface area (Å²) in [6.07, 6.45) is 0. The topological polar surface area (TPSA) is 108 Å². The van der Waals surface area contributed by atoms with Gasteiger partial charge in [-0.15, -0.1) is 0 Å². The molecule has 3 aromatic rings. The van der Waals surface area contributed by atoms with Gasteiger partial charge in [0.1, 0.15) is 18.0 Å². The molecule has 0 aliphatic rings. The highest BCUT2D eigenvalue weighted by molar-refractivity contribution is 7.92. The van der Waals surface area contributed by atoms with E-state index in [0.717, 1.165) is 9.87 Å². The Balaban J connectivity index is 1.93. The molecule has 0 aliphatic heterocycles. The maximum Gasteiger partial charge on any atom is 0.264 e. The molecule has 1 amide bonds. The van der Waals surface area contributed by atoms with E-state index in [1.807, 2.05) is 6.92 Å². The Labute approximate surface area is 203 Å². The summed E-state index contributed by atoms with van der Waals surface area (Å²) in [6, 6.07) is 17.3. The van der Waals surface area contributed by atoms with Crippen molar-refractivity contribution in [2.45, 2.75) is 18.7 Å². The number of methoxy groups -OCH3 is 1. The number of para-hydroxylation sites is 1. The van der Waals surface area contributed by atoms with E-state index < -0.39 is 22.5 Å². The number of nitrogens with zero attached hydrogens (tertiary/aromatic N) is 2. The Kier molecular flexibility index (Phi) is 7.80. The van der Waals surface area contributed by atoms with Gasteiger partial charge in [-0.1, -0.05) is 41.4 Å². The highest BCUT2D eigenvalue weighted by atomic mass is 35.5. The standard InChI is InChI=1S/C24H24ClN3O5S/c1-16-8-11-19(12-9-16)34(31,32)28(18-10-13-23(33-3)21(25)14-18)15-24(30)27-26-17(2)20-6-4-5-7-22(20)29/h4-14,29H,15H2,1-3H3,(H,27,30)/b26-17-. The van der Waals surface area contributed by atoms with Crippen LogP contribution < -0.4 is 14.5 Å². The lowest BCUT2D eigenvalue weighted by molar-refractivity contribution is -0.119. The van der Waals surface area contributed by atoms with Crippen LogP contribution in [0.25, 0.3) is 0 Å². The van der Waals surface area contributed by atoms with E-state index in [2.05, 4.69) is 10.5 Å². The van der Waals surface area contributed by atoms with Crippen LogP contribution in [0, 0.1) is 6.92 Å². The van der Waals surface area contributed by atoms with E-state index in [0.29, 0.717) is 17.0 Å². The first-order chi connectivity index (χ1) is 16.1. The molecule has 0 saturated carbocycles. The average Bonchev–Trinajstić information content (AvgIpc) is 2.81. The third-order valence-electron chi connectivity index (χ3n) is 4.96. The summed E-state index contributed by atoms with van der Waals surface area (Å²) < 4.78 is 33.0. The predicted molar refractivity (Wildman–Crippen MR) is 132 cm³/mol. The molecule has 8 nitrogen and oxygen atoms in total. The molecule has 0 spiro atoms. The SMILES string of the molecule is COc1ccc(N(CC(=O)N/N=C(/C)c2ccccc2O)S(=O)(=O)c2ccc(C)cc2)cc1Cl. The number of carbonyl (C=O) groups excluding carboxylic acids is 1. The summed E-state index contributed by atoms with van der Waals surface area (Å²) in [5.74, 6) is -0.308. The summed E-state index contributed by atoms with van der Waals surface area (Å²) >= 11 is 6.22. The van der Waals surface area contributed by atoms with Gasteiger partial charge in [0.2, 0.25) is 0 Å². The molecule has 34 heavy (non-hydrogen) atoms. The maximum atomic E-state index is 13.5. The number of aromatic hydroxyl groups is 1. The number of rotatable bonds is 8. The summed E-state index contributed by atoms with van der Waals surface area (Å²) in [5, 5.41) is 14.2. The number of aryl methyl sites for hydroxylation is 1. The third-order valence-corrected chi connectivity index (χ3v) is 7.05. The number of phenols is 1. The quantitative estimate of drug-likeness (QED) is 0.357. The van der Waals surface area contributed by atoms with Crippen LogP contribution >= 0.6 is 11.6 Å². The molecule has 3 aromatic carbocycles. The Morgan fingerprint density at radius 1 is 1.12 bits per heavy atom. The van der Waals surface area contributed by atoms with Crippen molar-refractivity contribution in [3.05, 3.63) is 82.9 Å². The molecule has 2 N–H and O–H groups in total. The molecular weight excluding hydrogens is 478 g/mol. The molecule has 0 fully saturated rings. The van der Waals surface area contributed by atoms with Crippen LogP contribution in [0.2, 0.25) is 5.02 Å². The molecule has 0 aliphatic carbocycles. The number of hydrogen-bond donors (Lipinski definition) is 2. The Morgan fingerprint density at radius 3 is 2.41 bits per heavy atom. The molecule has 0 radical (unpaired) electrons. The summed E-state index contributed by atoms with van der Waals surface area (Å²) in [6.45, 7) is 2.89. The van der Waals surface area contributed by atoms with Gasteiger partial charge in [-0.2, -0.15) is 5.10 Å². The maximum absolute atomic E-state index is 13.5. The number of hydrazone groups is 1. The van der Waals surface area contributed by atoms with E-state index >= 15 is 0 Å². The zero-order valence-electron chi connectivity index (χ0n) is 18.8. The lowest BCUT2D eigenvalue weighted by atomic mass is 10.1. The van der Waals surface area contributed by atoms with Crippen molar-refractivity contribution >= 4 is 38.9 Å². The molecule has 0 atom stereocenters. The fourth-order valence-corrected chi connectivity index (χ4v) is 4.78. The van der Waals surface area contributed by atoms with Crippen molar-refractivity contribution < 1.29 is 23.1 Å². The fraction of sp³-hybridized carbons (Fsp3) is 0.167. The smallest absolute Gasteiger partial charge is 0.264 e. The van der Waals surface area contributed by atoms with Crippen LogP contribution in [-0.2, 0) is 14.8 Å². The molecule has 0 bridgehead atoms. The lowest BCUT2D eigenvalue weighted by Gasteiger charge is -2.24. The summed E-state index contributed by atoms with van der Waals surface area (Å²) in [4.78, 5) is 12.8. The largest absolute Gasteiger partial charge is 0.507 e. The van der Waals surface area contributed by atoms with Gasteiger partial charge in [-0.25, -0.2) is 13.8 Å². The first kappa shape index (κ1) is 25.1. The van der Waals surface area contributed by atoms with Crippen LogP contribution in [0.1, 0.15) is 18.1 Å². The second kappa shape index (κ2) is 10.6. The van der Waals surface area contributed by atoms with Crippen LogP contribution in [0.3, 0.4) is 0 Å². The van der Waals surface area contributed by atoms with Gasteiger partial charge in [0.15, 0.2) is 0 Å². The van der Waals surface area contributed by atoms with Gasteiger partial charge >= 0.3 is 0 Å². The van der Waals surface area contributed by atoms with Crippen molar-refractivity contribution in [2.75, 3.05) is 18.0 Å². The van der Waals surface area contributed by atoms with E-state index in [1.165, 1.54) is 43.5 Å². The first-order valence-corrected chi connectivity index (χ1v) is 12.0. The number of benzene rings is 3. The number of anilines is 1. The zero-order valence-corrected chi connectivity index (χ0v) is 20.4. The van der Waals surface area contributed by atoms with Gasteiger partial charge < -0.3 is 9.84 Å². The van der Waals surface area contributed by atoms with Gasteiger partial charge in [0.25, 0.3) is 15.9 Å². The number of halogens is 1. The molecule has 0 heterocycles. The highest BCUT2D eigenvalue weighted by Gasteiger charge is 2.28. The molecule has 0 aromatic heterocycles. The van der Waals surface area contributed by atoms with E-state index in [-0.39, 0.29) is 21.4 Å². The second-order valence-electron chi connectivity index (χ2n) is 7.39. The molecule has 3 rings (SSSR count). The Morgan fingerprint density at radius 2 is 1.79 bits per heavy atom. The minimum absolute atomic E-state index is 0.00875. The Hall–Kier alpha value is -3.56. The van der Waals surface area contributed by atoms with Gasteiger partial charge in [-0.05, 0) is 56.3 Å². The van der Waals surface area contributed by atoms with Crippen molar-refractivity contribution in [1.29, 1.82) is 0 Å². The molecule has 0 unspecified atom stereocenters. The Bertz CT molecular complexity index is 1320. The number of nitrogens with one attached hydrogen (secondary N) is 1. The molecule has 10 heteroatoms. The van der Waals surface area contributed by atoms with Gasteiger partial charge in [-0.3, -0.25) is 9.10 Å².